The van der Waals surface area contributed by atoms with Crippen molar-refractivity contribution in [3.8, 4) is 0 Å². The van der Waals surface area contributed by atoms with Crippen LogP contribution in [0.1, 0.15) is 27.0 Å². The zero-order chi connectivity index (χ0) is 29.3. The van der Waals surface area contributed by atoms with Gasteiger partial charge < -0.3 is 25.2 Å². The first-order chi connectivity index (χ1) is 21.0. The molecule has 4 aromatic rings. The van der Waals surface area contributed by atoms with Crippen LogP contribution in [0.2, 0.25) is 0 Å². The Kier molecular flexibility index (Phi) is 7.04. The lowest BCUT2D eigenvalue weighted by Crippen LogP contribution is -2.36. The minimum atomic E-state index is -0.561. The monoisotopic (exact) mass is 575 g/mol. The average Bonchev–Trinajstić information content (AvgIpc) is 3.53. The van der Waals surface area contributed by atoms with Gasteiger partial charge in [0, 0.05) is 54.0 Å². The van der Waals surface area contributed by atoms with Gasteiger partial charge in [0.05, 0.1) is 25.3 Å². The van der Waals surface area contributed by atoms with E-state index in [9.17, 15) is 9.18 Å². The summed E-state index contributed by atoms with van der Waals surface area (Å²) in [6.07, 6.45) is 3.86. The Bertz CT molecular complexity index is 1760. The molecule has 0 unspecified atom stereocenters. The lowest BCUT2D eigenvalue weighted by Gasteiger charge is -2.29. The Balaban J connectivity index is 1.15. The number of ether oxygens (including phenoxy) is 1. The molecule has 1 aromatic heterocycles. The van der Waals surface area contributed by atoms with Crippen molar-refractivity contribution in [1.29, 1.82) is 0 Å². The van der Waals surface area contributed by atoms with E-state index in [4.69, 9.17) is 14.7 Å². The molecule has 0 atom stereocenters. The van der Waals surface area contributed by atoms with Gasteiger partial charge in [0.2, 0.25) is 5.95 Å². The van der Waals surface area contributed by atoms with E-state index in [0.29, 0.717) is 24.7 Å². The molecule has 1 saturated heterocycles. The fourth-order valence-corrected chi connectivity index (χ4v) is 5.60. The van der Waals surface area contributed by atoms with Gasteiger partial charge in [-0.15, -0.1) is 0 Å². The molecular weight excluding hydrogens is 545 g/mol. The normalized spacial score (nSPS) is 15.8. The van der Waals surface area contributed by atoms with Crippen molar-refractivity contribution >= 4 is 52.2 Å². The molecule has 3 aliphatic rings. The van der Waals surface area contributed by atoms with Gasteiger partial charge in [-0.1, -0.05) is 18.2 Å². The molecule has 0 bridgehead atoms. The third kappa shape index (κ3) is 5.32. The first kappa shape index (κ1) is 26.8. The number of morpholine rings is 1. The molecule has 4 heterocycles. The SMILES string of the molecule is Cc1ccc(NC(=O)c2ccccc2F)cc1C1=Cc2cnc(Nc3ccc(N4CCOCC4)cc3)nc2N2CCN=C12. The number of aromatic nitrogens is 2. The second-order valence-corrected chi connectivity index (χ2v) is 10.6. The van der Waals surface area contributed by atoms with Gasteiger partial charge in [-0.2, -0.15) is 4.98 Å². The summed E-state index contributed by atoms with van der Waals surface area (Å²) in [5.41, 5.74) is 6.39. The number of anilines is 5. The van der Waals surface area contributed by atoms with E-state index in [-0.39, 0.29) is 5.56 Å². The maximum atomic E-state index is 14.2. The Morgan fingerprint density at radius 2 is 1.77 bits per heavy atom. The van der Waals surface area contributed by atoms with Crippen molar-refractivity contribution in [3.05, 3.63) is 101 Å². The van der Waals surface area contributed by atoms with E-state index in [1.54, 1.807) is 12.1 Å². The summed E-state index contributed by atoms with van der Waals surface area (Å²) in [6, 6.07) is 19.9. The maximum Gasteiger partial charge on any atom is 0.258 e. The highest BCUT2D eigenvalue weighted by Crippen LogP contribution is 2.37. The summed E-state index contributed by atoms with van der Waals surface area (Å²) >= 11 is 0. The molecule has 0 saturated carbocycles. The lowest BCUT2D eigenvalue weighted by atomic mass is 9.94. The molecule has 2 N–H and O–H groups in total. The van der Waals surface area contributed by atoms with Crippen LogP contribution in [0, 0.1) is 12.7 Å². The van der Waals surface area contributed by atoms with Crippen LogP contribution in [0.3, 0.4) is 0 Å². The zero-order valence-electron chi connectivity index (χ0n) is 23.7. The number of carbonyl (C=O) groups excluding carboxylic acids is 1. The van der Waals surface area contributed by atoms with Gasteiger partial charge in [0.1, 0.15) is 17.5 Å². The molecule has 1 amide bonds. The molecule has 216 valence electrons. The minimum absolute atomic E-state index is 0.00335. The van der Waals surface area contributed by atoms with Crippen molar-refractivity contribution in [2.45, 2.75) is 6.92 Å². The third-order valence-corrected chi connectivity index (χ3v) is 7.84. The van der Waals surface area contributed by atoms with Gasteiger partial charge in [-0.3, -0.25) is 9.79 Å². The highest BCUT2D eigenvalue weighted by Gasteiger charge is 2.31. The van der Waals surface area contributed by atoms with Crippen LogP contribution < -0.4 is 20.4 Å². The molecule has 0 aliphatic carbocycles. The summed E-state index contributed by atoms with van der Waals surface area (Å²) in [6.45, 7) is 6.64. The van der Waals surface area contributed by atoms with Crippen molar-refractivity contribution in [3.63, 3.8) is 0 Å². The summed E-state index contributed by atoms with van der Waals surface area (Å²) in [5, 5.41) is 6.18. The molecule has 0 radical (unpaired) electrons. The maximum absolute atomic E-state index is 14.2. The van der Waals surface area contributed by atoms with Crippen LogP contribution in [0.4, 0.5) is 33.2 Å². The second-order valence-electron chi connectivity index (χ2n) is 10.6. The molecule has 9 nitrogen and oxygen atoms in total. The molecule has 7 rings (SSSR count). The van der Waals surface area contributed by atoms with Gasteiger partial charge in [0.25, 0.3) is 5.91 Å². The third-order valence-electron chi connectivity index (χ3n) is 7.84. The predicted molar refractivity (Wildman–Crippen MR) is 168 cm³/mol. The standard InChI is InChI=1S/C33H30FN7O2/c1-21-6-7-24(37-32(42)26-4-2-3-5-29(26)34)19-27(21)28-18-22-20-36-33(39-30(22)41-13-12-35-31(28)41)38-23-8-10-25(11-9-23)40-14-16-43-17-15-40/h2-11,18-20H,12-17H2,1H3,(H,37,42)(H,36,38,39). The number of aryl methyl sites for hydroxylation is 1. The van der Waals surface area contributed by atoms with Gasteiger partial charge in [-0.05, 0) is 72.7 Å². The van der Waals surface area contributed by atoms with Gasteiger partial charge in [0.15, 0.2) is 0 Å². The molecule has 3 aromatic carbocycles. The Morgan fingerprint density at radius 1 is 0.977 bits per heavy atom. The number of amidine groups is 1. The van der Waals surface area contributed by atoms with Crippen LogP contribution in [0.25, 0.3) is 11.6 Å². The number of nitrogens with zero attached hydrogens (tertiary/aromatic N) is 5. The van der Waals surface area contributed by atoms with E-state index in [1.807, 2.05) is 49.5 Å². The highest BCUT2D eigenvalue weighted by atomic mass is 19.1. The first-order valence-corrected chi connectivity index (χ1v) is 14.3. The molecule has 10 heteroatoms. The predicted octanol–water partition coefficient (Wildman–Crippen LogP) is 5.53. The number of amides is 1. The zero-order valence-corrected chi connectivity index (χ0v) is 23.7. The number of fused-ring (bicyclic) bond motifs is 3. The molecular formula is C33H30FN7O2. The van der Waals surface area contributed by atoms with E-state index in [1.165, 1.54) is 17.8 Å². The fraction of sp³-hybridized carbons (Fsp3) is 0.212. The number of aliphatic imine (C=N–C) groups is 1. The van der Waals surface area contributed by atoms with Crippen molar-refractivity contribution in [2.24, 2.45) is 4.99 Å². The number of carbonyl (C=O) groups is 1. The molecule has 43 heavy (non-hydrogen) atoms. The Hall–Kier alpha value is -5.09. The number of nitrogens with one attached hydrogen (secondary N) is 2. The number of rotatable bonds is 6. The largest absolute Gasteiger partial charge is 0.378 e. The van der Waals surface area contributed by atoms with E-state index in [0.717, 1.165) is 65.9 Å². The van der Waals surface area contributed by atoms with Crippen LogP contribution in [-0.2, 0) is 4.74 Å². The van der Waals surface area contributed by atoms with Crippen LogP contribution in [0.15, 0.2) is 77.9 Å². The average molecular weight is 576 g/mol. The van der Waals surface area contributed by atoms with Crippen LogP contribution in [0.5, 0.6) is 0 Å². The molecule has 3 aliphatic heterocycles. The number of hydrogen-bond donors (Lipinski definition) is 2. The van der Waals surface area contributed by atoms with Crippen molar-refractivity contribution in [1.82, 2.24) is 9.97 Å². The quantitative estimate of drug-likeness (QED) is 0.312. The van der Waals surface area contributed by atoms with Crippen molar-refractivity contribution < 1.29 is 13.9 Å². The second kappa shape index (κ2) is 11.3. The Labute approximate surface area is 248 Å². The molecule has 0 spiro atoms. The topological polar surface area (TPSA) is 95.0 Å². The highest BCUT2D eigenvalue weighted by molar-refractivity contribution is 6.36. The number of benzene rings is 3. The van der Waals surface area contributed by atoms with Crippen LogP contribution in [-0.4, -0.2) is 61.1 Å². The summed E-state index contributed by atoms with van der Waals surface area (Å²) in [5.74, 6) is 1.07. The summed E-state index contributed by atoms with van der Waals surface area (Å²) < 4.78 is 19.6. The number of halogens is 1. The van der Waals surface area contributed by atoms with Gasteiger partial charge in [-0.25, -0.2) is 9.37 Å². The summed E-state index contributed by atoms with van der Waals surface area (Å²) in [4.78, 5) is 31.5. The van der Waals surface area contributed by atoms with E-state index >= 15 is 0 Å². The van der Waals surface area contributed by atoms with E-state index in [2.05, 4.69) is 37.6 Å². The summed E-state index contributed by atoms with van der Waals surface area (Å²) in [7, 11) is 0. The van der Waals surface area contributed by atoms with Crippen LogP contribution >= 0.6 is 0 Å². The smallest absolute Gasteiger partial charge is 0.258 e. The first-order valence-electron chi connectivity index (χ1n) is 14.3. The van der Waals surface area contributed by atoms with Gasteiger partial charge >= 0.3 is 0 Å². The van der Waals surface area contributed by atoms with Crippen molar-refractivity contribution in [2.75, 3.05) is 59.8 Å². The lowest BCUT2D eigenvalue weighted by molar-refractivity contribution is 0.102. The minimum Gasteiger partial charge on any atom is -0.378 e. The number of hydrogen-bond acceptors (Lipinski definition) is 8. The fourth-order valence-electron chi connectivity index (χ4n) is 5.60. The van der Waals surface area contributed by atoms with E-state index < -0.39 is 11.7 Å². The Morgan fingerprint density at radius 3 is 2.58 bits per heavy atom. The molecule has 1 fully saturated rings.